The average molecular weight is 1000 g/mol. The fourth-order valence-electron chi connectivity index (χ4n) is 15.7. The SMILES string of the molecule is COc1ccc(Cl)cc1C1(O)CCN(N[C@H]2C[C@H]3C=C[C@H]2C3)CC1.COc1ccccc1C1CCN([C@H]2C[C@H]3CC[C@H]2C3)CC1.Clc1cccc(-c2ccccc2C2CCN([C@H]3C[C@H]4CC[C@H]3C4)CC2)c1.[HH]. The Hall–Kier alpha value is -3.40. The zero-order valence-corrected chi connectivity index (χ0v) is 44.1. The predicted octanol–water partition coefficient (Wildman–Crippen LogP) is 13.8. The maximum Gasteiger partial charge on any atom is 0.125 e. The number of hydrogen-bond acceptors (Lipinski definition) is 7. The molecule has 3 saturated heterocycles. The Morgan fingerprint density at radius 3 is 1.75 bits per heavy atom. The van der Waals surface area contributed by atoms with Crippen LogP contribution < -0.4 is 14.9 Å². The summed E-state index contributed by atoms with van der Waals surface area (Å²) in [5.41, 5.74) is 9.19. The van der Waals surface area contributed by atoms with Crippen molar-refractivity contribution in [2.24, 2.45) is 35.5 Å². The van der Waals surface area contributed by atoms with E-state index < -0.39 is 5.60 Å². The first-order chi connectivity index (χ1) is 34.7. The molecule has 13 rings (SSSR count). The second-order valence-corrected chi connectivity index (χ2v) is 24.2. The predicted molar refractivity (Wildman–Crippen MR) is 293 cm³/mol. The number of likely N-dealkylation sites (tertiary alicyclic amines) is 2. The van der Waals surface area contributed by atoms with E-state index in [9.17, 15) is 5.11 Å². The van der Waals surface area contributed by atoms with Crippen LogP contribution in [0.2, 0.25) is 10.0 Å². The molecule has 6 aliphatic carbocycles. The molecule has 0 aromatic heterocycles. The van der Waals surface area contributed by atoms with E-state index in [0.29, 0.717) is 47.4 Å². The molecular formula is C62H82Cl2N4O3. The molecule has 7 nitrogen and oxygen atoms in total. The molecule has 382 valence electrons. The van der Waals surface area contributed by atoms with Crippen LogP contribution in [0.25, 0.3) is 11.1 Å². The highest BCUT2D eigenvalue weighted by Crippen LogP contribution is 2.50. The Kier molecular flexibility index (Phi) is 15.6. The number of nitrogens with zero attached hydrogens (tertiary/aromatic N) is 3. The molecule has 9 atom stereocenters. The van der Waals surface area contributed by atoms with Gasteiger partial charge in [0.25, 0.3) is 0 Å². The number of rotatable bonds is 10. The normalized spacial score (nSPS) is 31.3. The van der Waals surface area contributed by atoms with Gasteiger partial charge in [0.05, 0.1) is 19.8 Å². The van der Waals surface area contributed by atoms with Crippen LogP contribution in [0.3, 0.4) is 0 Å². The van der Waals surface area contributed by atoms with Gasteiger partial charge in [-0.15, -0.1) is 0 Å². The van der Waals surface area contributed by atoms with Crippen molar-refractivity contribution >= 4 is 23.2 Å². The number of fused-ring (bicyclic) bond motifs is 6. The molecule has 0 amide bonds. The van der Waals surface area contributed by atoms with Gasteiger partial charge in [-0.1, -0.05) is 103 Å². The number of benzene rings is 4. The summed E-state index contributed by atoms with van der Waals surface area (Å²) in [4.78, 5) is 5.65. The molecule has 71 heavy (non-hydrogen) atoms. The standard InChI is InChI=1S/C24H28ClN.C19H25ClN2O2.C19H27NO.H2/c25-21-5-3-4-19(16-21)23-7-2-1-6-22(23)18-10-12-26(13-11-18)24-15-17-8-9-20(24)14-17;1-24-18-5-4-15(20)12-16(18)19(23)6-8-22(9-7-19)21-17-11-13-2-3-14(17)10-13;1-21-19-5-3-2-4-17(19)15-8-10-20(11-9-15)18-13-14-6-7-16(18)12-14;/h1-7,16-18,20,24H,8-15H2;2-5,12-14,17,21,23H,6-11H2,1H3;2-5,14-16,18H,6-13H2,1H3;1H/t17-,20-,24-;13-,14-,17-;14-,16-,18-;/m000./s1. The molecule has 5 saturated carbocycles. The number of ether oxygens (including phenoxy) is 2. The van der Waals surface area contributed by atoms with E-state index in [1.165, 1.54) is 138 Å². The van der Waals surface area contributed by atoms with Crippen LogP contribution in [-0.4, -0.2) is 91.5 Å². The van der Waals surface area contributed by atoms with Gasteiger partial charge in [-0.05, 0) is 222 Å². The van der Waals surface area contributed by atoms with E-state index in [4.69, 9.17) is 32.7 Å². The van der Waals surface area contributed by atoms with Gasteiger partial charge in [0.1, 0.15) is 11.5 Å². The van der Waals surface area contributed by atoms with Gasteiger partial charge >= 0.3 is 0 Å². The van der Waals surface area contributed by atoms with E-state index in [2.05, 4.69) is 99.1 Å². The fraction of sp³-hybridized carbons (Fsp3) is 0.581. The second-order valence-electron chi connectivity index (χ2n) is 23.3. The van der Waals surface area contributed by atoms with Crippen molar-refractivity contribution in [1.29, 1.82) is 0 Å². The lowest BCUT2D eigenvalue weighted by molar-refractivity contribution is -0.0447. The average Bonchev–Trinajstić information content (AvgIpc) is 4.32. The number of methoxy groups -OCH3 is 2. The van der Waals surface area contributed by atoms with Crippen LogP contribution in [0.1, 0.15) is 133 Å². The van der Waals surface area contributed by atoms with Gasteiger partial charge in [0.15, 0.2) is 0 Å². The number of aliphatic hydroxyl groups is 1. The van der Waals surface area contributed by atoms with Crippen molar-refractivity contribution in [1.82, 2.24) is 20.2 Å². The minimum atomic E-state index is -0.872. The van der Waals surface area contributed by atoms with Gasteiger partial charge in [-0.25, -0.2) is 5.01 Å². The highest BCUT2D eigenvalue weighted by Gasteiger charge is 2.45. The monoisotopic (exact) mass is 1000 g/mol. The summed E-state index contributed by atoms with van der Waals surface area (Å²) in [6.45, 7) is 6.78. The largest absolute Gasteiger partial charge is 0.496 e. The summed E-state index contributed by atoms with van der Waals surface area (Å²) in [7, 11) is 3.43. The maximum absolute atomic E-state index is 11.2. The summed E-state index contributed by atoms with van der Waals surface area (Å²) in [6.07, 6.45) is 25.8. The zero-order chi connectivity index (χ0) is 48.5. The van der Waals surface area contributed by atoms with Crippen LogP contribution in [-0.2, 0) is 5.60 Å². The Balaban J connectivity index is 0.000000124. The third-order valence-electron chi connectivity index (χ3n) is 19.4. The van der Waals surface area contributed by atoms with E-state index in [1.54, 1.807) is 20.3 Å². The molecule has 2 N–H and O–H groups in total. The van der Waals surface area contributed by atoms with Crippen molar-refractivity contribution in [2.45, 2.75) is 138 Å². The van der Waals surface area contributed by atoms with Crippen LogP contribution in [0.5, 0.6) is 11.5 Å². The molecule has 0 unspecified atom stereocenters. The maximum atomic E-state index is 11.2. The summed E-state index contributed by atoms with van der Waals surface area (Å²) in [6, 6.07) is 33.7. The fourth-order valence-corrected chi connectivity index (χ4v) is 16.0. The molecule has 3 aliphatic heterocycles. The summed E-state index contributed by atoms with van der Waals surface area (Å²) < 4.78 is 11.0. The molecule has 3 heterocycles. The molecule has 9 aliphatic rings. The quantitative estimate of drug-likeness (QED) is 0.154. The second kappa shape index (κ2) is 22.2. The topological polar surface area (TPSA) is 60.4 Å². The van der Waals surface area contributed by atoms with Crippen molar-refractivity contribution in [3.63, 3.8) is 0 Å². The number of para-hydroxylation sites is 1. The minimum absolute atomic E-state index is 0. The molecule has 9 heteroatoms. The van der Waals surface area contributed by atoms with E-state index in [1.807, 2.05) is 18.2 Å². The van der Waals surface area contributed by atoms with E-state index in [-0.39, 0.29) is 1.43 Å². The number of halogens is 2. The highest BCUT2D eigenvalue weighted by molar-refractivity contribution is 6.31. The van der Waals surface area contributed by atoms with Crippen LogP contribution in [0, 0.1) is 35.5 Å². The first-order valence-corrected chi connectivity index (χ1v) is 28.7. The number of piperidine rings is 3. The molecule has 0 radical (unpaired) electrons. The van der Waals surface area contributed by atoms with E-state index in [0.717, 1.165) is 71.1 Å². The summed E-state index contributed by atoms with van der Waals surface area (Å²) in [5.74, 6) is 8.76. The van der Waals surface area contributed by atoms with Crippen molar-refractivity contribution in [3.05, 3.63) is 130 Å². The zero-order valence-electron chi connectivity index (χ0n) is 42.6. The Morgan fingerprint density at radius 1 is 0.577 bits per heavy atom. The molecule has 0 spiro atoms. The number of hydrogen-bond donors (Lipinski definition) is 2. The third-order valence-corrected chi connectivity index (χ3v) is 19.9. The third kappa shape index (κ3) is 11.0. The Morgan fingerprint density at radius 2 is 1.18 bits per heavy atom. The molecule has 4 aromatic rings. The molecular weight excluding hydrogens is 920 g/mol. The van der Waals surface area contributed by atoms with Crippen LogP contribution in [0.4, 0.5) is 0 Å². The summed E-state index contributed by atoms with van der Waals surface area (Å²) in [5, 5.41) is 14.9. The molecule has 4 aromatic carbocycles. The number of nitrogens with one attached hydrogen (secondary N) is 1. The molecule has 6 bridgehead atoms. The van der Waals surface area contributed by atoms with Gasteiger partial charge in [-0.3, -0.25) is 5.43 Å². The first kappa shape index (κ1) is 49.8. The first-order valence-electron chi connectivity index (χ1n) is 27.9. The Bertz CT molecular complexity index is 2450. The van der Waals surface area contributed by atoms with E-state index >= 15 is 0 Å². The number of allylic oxidation sites excluding steroid dienone is 1. The van der Waals surface area contributed by atoms with Crippen LogP contribution in [0.15, 0.2) is 103 Å². The van der Waals surface area contributed by atoms with Gasteiger partial charge < -0.3 is 24.4 Å². The van der Waals surface area contributed by atoms with Crippen molar-refractivity contribution < 1.29 is 16.0 Å². The Labute approximate surface area is 437 Å². The van der Waals surface area contributed by atoms with Crippen LogP contribution >= 0.6 is 23.2 Å². The minimum Gasteiger partial charge on any atom is -0.496 e. The van der Waals surface area contributed by atoms with Crippen molar-refractivity contribution in [2.75, 3.05) is 53.5 Å². The summed E-state index contributed by atoms with van der Waals surface area (Å²) >= 11 is 12.4. The highest BCUT2D eigenvalue weighted by atomic mass is 35.5. The van der Waals surface area contributed by atoms with Gasteiger partial charge in [0, 0.05) is 48.3 Å². The van der Waals surface area contributed by atoms with Gasteiger partial charge in [0.2, 0.25) is 0 Å². The van der Waals surface area contributed by atoms with Crippen molar-refractivity contribution in [3.8, 4) is 22.6 Å². The lowest BCUT2D eigenvalue weighted by Crippen LogP contribution is -2.52. The molecule has 8 fully saturated rings. The smallest absolute Gasteiger partial charge is 0.125 e. The number of hydrazine groups is 1. The van der Waals surface area contributed by atoms with Gasteiger partial charge in [-0.2, -0.15) is 0 Å². The lowest BCUT2D eigenvalue weighted by Gasteiger charge is -2.40. The lowest BCUT2D eigenvalue weighted by atomic mass is 9.83.